The molecule has 1 aromatic heterocycles. The average molecular weight is 426 g/mol. The van der Waals surface area contributed by atoms with Crippen LogP contribution in [0.5, 0.6) is 11.5 Å². The van der Waals surface area contributed by atoms with E-state index >= 15 is 0 Å². The van der Waals surface area contributed by atoms with Gasteiger partial charge in [-0.2, -0.15) is 0 Å². The molecule has 31 heavy (non-hydrogen) atoms. The van der Waals surface area contributed by atoms with Gasteiger partial charge in [0.2, 0.25) is 0 Å². The highest BCUT2D eigenvalue weighted by Gasteiger charge is 2.17. The molecular formula is C23H29N4O4+. The minimum Gasteiger partial charge on any atom is -0.493 e. The highest BCUT2D eigenvalue weighted by Crippen LogP contribution is 2.29. The van der Waals surface area contributed by atoms with Crippen LogP contribution in [0.25, 0.3) is 10.9 Å². The standard InChI is InChI=1S/C23H28N4O4/c1-6-27(13-22(28)25-17-9-14(2)7-8-15(17)3)12-21-24-18-11-20(31-5)19(30-4)10-16(18)23(29)26-21/h7-11H,6,12-13H2,1-5H3,(H,25,28)(H,24,26,29)/p+1. The Hall–Kier alpha value is -3.39. The summed E-state index contributed by atoms with van der Waals surface area (Å²) in [5, 5.41) is 3.41. The predicted octanol–water partition coefficient (Wildman–Crippen LogP) is 1.60. The number of hydrogen-bond acceptors (Lipinski definition) is 5. The Morgan fingerprint density at radius 1 is 1.13 bits per heavy atom. The van der Waals surface area contributed by atoms with Crippen LogP contribution >= 0.6 is 0 Å². The van der Waals surface area contributed by atoms with E-state index in [1.807, 2.05) is 39.0 Å². The van der Waals surface area contributed by atoms with Crippen LogP contribution in [0.3, 0.4) is 0 Å². The van der Waals surface area contributed by atoms with Gasteiger partial charge in [0.05, 0.1) is 31.7 Å². The molecule has 8 nitrogen and oxygen atoms in total. The summed E-state index contributed by atoms with van der Waals surface area (Å²) in [6.45, 7) is 7.33. The first-order chi connectivity index (χ1) is 14.8. The SMILES string of the molecule is CC[NH+](CC(=O)Nc1cc(C)ccc1C)Cc1nc2cc(OC)c(OC)cc2c(=O)[nH]1. The Kier molecular flexibility index (Phi) is 6.91. The number of carbonyl (C=O) groups excluding carboxylic acids is 1. The number of aryl methyl sites for hydroxylation is 2. The van der Waals surface area contributed by atoms with Crippen molar-refractivity contribution in [1.29, 1.82) is 0 Å². The zero-order valence-corrected chi connectivity index (χ0v) is 18.6. The number of aromatic nitrogens is 2. The predicted molar refractivity (Wildman–Crippen MR) is 120 cm³/mol. The topological polar surface area (TPSA) is 97.8 Å². The largest absolute Gasteiger partial charge is 0.493 e. The molecule has 1 unspecified atom stereocenters. The lowest BCUT2D eigenvalue weighted by atomic mass is 10.1. The molecule has 0 aliphatic carbocycles. The van der Waals surface area contributed by atoms with Crippen molar-refractivity contribution >= 4 is 22.5 Å². The molecule has 3 rings (SSSR count). The van der Waals surface area contributed by atoms with Crippen molar-refractivity contribution in [1.82, 2.24) is 9.97 Å². The molecule has 8 heteroatoms. The van der Waals surface area contributed by atoms with Crippen molar-refractivity contribution in [2.75, 3.05) is 32.6 Å². The lowest BCUT2D eigenvalue weighted by Crippen LogP contribution is -3.11. The summed E-state index contributed by atoms with van der Waals surface area (Å²) in [4.78, 5) is 33.6. The normalized spacial score (nSPS) is 11.9. The van der Waals surface area contributed by atoms with E-state index in [2.05, 4.69) is 15.3 Å². The van der Waals surface area contributed by atoms with Gasteiger partial charge in [-0.3, -0.25) is 9.59 Å². The van der Waals surface area contributed by atoms with Crippen molar-refractivity contribution in [2.45, 2.75) is 27.3 Å². The van der Waals surface area contributed by atoms with Crippen LogP contribution in [0.15, 0.2) is 35.1 Å². The quantitative estimate of drug-likeness (QED) is 0.509. The number of benzene rings is 2. The molecule has 1 atom stereocenters. The molecule has 164 valence electrons. The van der Waals surface area contributed by atoms with E-state index in [9.17, 15) is 9.59 Å². The molecule has 0 saturated carbocycles. The smallest absolute Gasteiger partial charge is 0.279 e. The van der Waals surface area contributed by atoms with Gasteiger partial charge in [-0.1, -0.05) is 12.1 Å². The lowest BCUT2D eigenvalue weighted by molar-refractivity contribution is -0.904. The van der Waals surface area contributed by atoms with E-state index in [0.717, 1.165) is 21.7 Å². The minimum absolute atomic E-state index is 0.0832. The molecule has 1 heterocycles. The Morgan fingerprint density at radius 2 is 1.84 bits per heavy atom. The van der Waals surface area contributed by atoms with Gasteiger partial charge in [0.1, 0.15) is 6.54 Å². The van der Waals surface area contributed by atoms with Crippen molar-refractivity contribution < 1.29 is 19.2 Å². The second-order valence-electron chi connectivity index (χ2n) is 7.56. The number of carbonyl (C=O) groups is 1. The van der Waals surface area contributed by atoms with Gasteiger partial charge in [-0.15, -0.1) is 0 Å². The van der Waals surface area contributed by atoms with Crippen molar-refractivity contribution in [3.05, 3.63) is 57.6 Å². The van der Waals surface area contributed by atoms with Crippen LogP contribution in [-0.4, -0.2) is 43.2 Å². The number of fused-ring (bicyclic) bond motifs is 1. The summed E-state index contributed by atoms with van der Waals surface area (Å²) in [5.41, 5.74) is 3.19. The minimum atomic E-state index is -0.253. The second-order valence-corrected chi connectivity index (χ2v) is 7.56. The van der Waals surface area contributed by atoms with Gasteiger partial charge < -0.3 is 24.7 Å². The Labute approximate surface area is 181 Å². The van der Waals surface area contributed by atoms with Crippen LogP contribution in [-0.2, 0) is 11.3 Å². The number of nitrogens with one attached hydrogen (secondary N) is 3. The number of aromatic amines is 1. The summed E-state index contributed by atoms with van der Waals surface area (Å²) in [5.74, 6) is 1.41. The highest BCUT2D eigenvalue weighted by molar-refractivity contribution is 5.92. The third kappa shape index (κ3) is 5.21. The molecule has 1 amide bonds. The third-order valence-corrected chi connectivity index (χ3v) is 5.25. The number of nitrogens with zero attached hydrogens (tertiary/aromatic N) is 1. The molecule has 2 aromatic carbocycles. The number of quaternary nitrogens is 1. The van der Waals surface area contributed by atoms with Crippen molar-refractivity contribution in [3.8, 4) is 11.5 Å². The number of methoxy groups -OCH3 is 2. The summed E-state index contributed by atoms with van der Waals surface area (Å²) in [7, 11) is 3.06. The van der Waals surface area contributed by atoms with E-state index in [1.165, 1.54) is 14.2 Å². The molecule has 0 saturated heterocycles. The van der Waals surface area contributed by atoms with Crippen LogP contribution in [0.1, 0.15) is 23.9 Å². The number of rotatable bonds is 8. The van der Waals surface area contributed by atoms with E-state index < -0.39 is 0 Å². The molecule has 0 bridgehead atoms. The van der Waals surface area contributed by atoms with Gasteiger partial charge in [0, 0.05) is 11.8 Å². The van der Waals surface area contributed by atoms with E-state index in [0.29, 0.717) is 41.3 Å². The van der Waals surface area contributed by atoms with Gasteiger partial charge >= 0.3 is 0 Å². The van der Waals surface area contributed by atoms with Gasteiger partial charge in [0.25, 0.3) is 11.5 Å². The summed E-state index contributed by atoms with van der Waals surface area (Å²) < 4.78 is 10.6. The zero-order valence-electron chi connectivity index (χ0n) is 18.6. The number of hydrogen-bond donors (Lipinski definition) is 3. The summed E-state index contributed by atoms with van der Waals surface area (Å²) in [6, 6.07) is 9.27. The molecule has 0 aliphatic heterocycles. The van der Waals surface area contributed by atoms with Gasteiger partial charge in [-0.05, 0) is 44.0 Å². The first kappa shape index (κ1) is 22.3. The zero-order chi connectivity index (χ0) is 22.5. The summed E-state index contributed by atoms with van der Waals surface area (Å²) in [6.07, 6.45) is 0. The maximum absolute atomic E-state index is 12.6. The van der Waals surface area contributed by atoms with Crippen LogP contribution in [0, 0.1) is 13.8 Å². The fourth-order valence-corrected chi connectivity index (χ4v) is 3.44. The van der Waals surface area contributed by atoms with Crippen LogP contribution < -0.4 is 25.2 Å². The molecule has 3 aromatic rings. The van der Waals surface area contributed by atoms with E-state index in [-0.39, 0.29) is 18.0 Å². The number of ether oxygens (including phenoxy) is 2. The van der Waals surface area contributed by atoms with E-state index in [4.69, 9.17) is 9.47 Å². The maximum atomic E-state index is 12.6. The number of H-pyrrole nitrogens is 1. The highest BCUT2D eigenvalue weighted by atomic mass is 16.5. The first-order valence-electron chi connectivity index (χ1n) is 10.2. The van der Waals surface area contributed by atoms with Crippen LogP contribution in [0.4, 0.5) is 5.69 Å². The van der Waals surface area contributed by atoms with Crippen LogP contribution in [0.2, 0.25) is 0 Å². The molecule has 0 spiro atoms. The van der Waals surface area contributed by atoms with Crippen molar-refractivity contribution in [2.24, 2.45) is 0 Å². The Morgan fingerprint density at radius 3 is 2.52 bits per heavy atom. The fourth-order valence-electron chi connectivity index (χ4n) is 3.44. The average Bonchev–Trinajstić information content (AvgIpc) is 2.74. The Bertz CT molecular complexity index is 1160. The molecule has 0 radical (unpaired) electrons. The molecule has 0 fully saturated rings. The van der Waals surface area contributed by atoms with Gasteiger partial charge in [-0.25, -0.2) is 4.98 Å². The van der Waals surface area contributed by atoms with Crippen molar-refractivity contribution in [3.63, 3.8) is 0 Å². The van der Waals surface area contributed by atoms with Gasteiger partial charge in [0.15, 0.2) is 23.9 Å². The third-order valence-electron chi connectivity index (χ3n) is 5.25. The number of amides is 1. The number of likely N-dealkylation sites (N-methyl/N-ethyl adjacent to an activating group) is 1. The monoisotopic (exact) mass is 425 g/mol. The summed E-state index contributed by atoms with van der Waals surface area (Å²) >= 11 is 0. The molecule has 0 aliphatic rings. The molecule has 3 N–H and O–H groups in total. The number of anilines is 1. The maximum Gasteiger partial charge on any atom is 0.279 e. The molecular weight excluding hydrogens is 396 g/mol. The Balaban J connectivity index is 1.78. The van der Waals surface area contributed by atoms with E-state index in [1.54, 1.807) is 12.1 Å². The first-order valence-corrected chi connectivity index (χ1v) is 10.2. The second kappa shape index (κ2) is 9.61. The lowest BCUT2D eigenvalue weighted by Gasteiger charge is -2.17. The fraction of sp³-hybridized carbons (Fsp3) is 0.348.